The molecule has 1 aliphatic heterocycles. The SMILES string of the molecule is CCCC1(C(=O)Nc2ccc(C)cc2OC)CCCNC1. The second-order valence-electron chi connectivity index (χ2n) is 5.97. The molecule has 0 bridgehead atoms. The van der Waals surface area contributed by atoms with Crippen molar-refractivity contribution >= 4 is 11.6 Å². The highest BCUT2D eigenvalue weighted by Crippen LogP contribution is 2.34. The van der Waals surface area contributed by atoms with Gasteiger partial charge in [-0.2, -0.15) is 0 Å². The van der Waals surface area contributed by atoms with Crippen LogP contribution in [0.4, 0.5) is 5.69 Å². The molecule has 1 fully saturated rings. The number of piperidine rings is 1. The maximum absolute atomic E-state index is 12.8. The van der Waals surface area contributed by atoms with Gasteiger partial charge in [-0.05, 0) is 50.4 Å². The van der Waals surface area contributed by atoms with Crippen LogP contribution in [0.25, 0.3) is 0 Å². The summed E-state index contributed by atoms with van der Waals surface area (Å²) >= 11 is 0. The van der Waals surface area contributed by atoms with Gasteiger partial charge < -0.3 is 15.4 Å². The monoisotopic (exact) mass is 290 g/mol. The molecule has 4 nitrogen and oxygen atoms in total. The van der Waals surface area contributed by atoms with Crippen LogP contribution in [0.15, 0.2) is 18.2 Å². The lowest BCUT2D eigenvalue weighted by Crippen LogP contribution is -2.48. The van der Waals surface area contributed by atoms with Gasteiger partial charge in [-0.15, -0.1) is 0 Å². The van der Waals surface area contributed by atoms with Crippen LogP contribution in [0.2, 0.25) is 0 Å². The van der Waals surface area contributed by atoms with Crippen LogP contribution >= 0.6 is 0 Å². The molecule has 1 unspecified atom stereocenters. The third kappa shape index (κ3) is 3.56. The highest BCUT2D eigenvalue weighted by atomic mass is 16.5. The molecule has 2 N–H and O–H groups in total. The van der Waals surface area contributed by atoms with Gasteiger partial charge in [-0.25, -0.2) is 0 Å². The molecular formula is C17H26N2O2. The molecule has 0 aromatic heterocycles. The van der Waals surface area contributed by atoms with E-state index >= 15 is 0 Å². The van der Waals surface area contributed by atoms with Crippen LogP contribution in [0.1, 0.15) is 38.2 Å². The largest absolute Gasteiger partial charge is 0.495 e. The quantitative estimate of drug-likeness (QED) is 0.876. The van der Waals surface area contributed by atoms with Gasteiger partial charge in [0, 0.05) is 6.54 Å². The van der Waals surface area contributed by atoms with E-state index in [-0.39, 0.29) is 11.3 Å². The fourth-order valence-corrected chi connectivity index (χ4v) is 3.12. The van der Waals surface area contributed by atoms with Gasteiger partial charge in [0.05, 0.1) is 18.2 Å². The summed E-state index contributed by atoms with van der Waals surface area (Å²) in [6, 6.07) is 5.85. The van der Waals surface area contributed by atoms with E-state index in [2.05, 4.69) is 17.6 Å². The summed E-state index contributed by atoms with van der Waals surface area (Å²) in [5, 5.41) is 6.45. The molecule has 1 heterocycles. The number of aryl methyl sites for hydroxylation is 1. The summed E-state index contributed by atoms with van der Waals surface area (Å²) in [4.78, 5) is 12.8. The molecule has 1 amide bonds. The number of nitrogens with one attached hydrogen (secondary N) is 2. The van der Waals surface area contributed by atoms with Crippen molar-refractivity contribution in [3.63, 3.8) is 0 Å². The van der Waals surface area contributed by atoms with E-state index in [0.717, 1.165) is 55.8 Å². The maximum Gasteiger partial charge on any atom is 0.231 e. The lowest BCUT2D eigenvalue weighted by molar-refractivity contribution is -0.127. The standard InChI is InChI=1S/C17H26N2O2/c1-4-8-17(9-5-10-18-12-17)16(20)19-14-7-6-13(2)11-15(14)21-3/h6-7,11,18H,4-5,8-10,12H2,1-3H3,(H,19,20). The minimum atomic E-state index is -0.289. The number of anilines is 1. The third-order valence-corrected chi connectivity index (χ3v) is 4.29. The highest BCUT2D eigenvalue weighted by molar-refractivity contribution is 5.96. The zero-order valence-electron chi connectivity index (χ0n) is 13.3. The second kappa shape index (κ2) is 6.94. The Morgan fingerprint density at radius 2 is 2.29 bits per heavy atom. The normalized spacial score (nSPS) is 21.9. The summed E-state index contributed by atoms with van der Waals surface area (Å²) in [5.74, 6) is 0.831. The van der Waals surface area contributed by atoms with Crippen LogP contribution in [-0.4, -0.2) is 26.1 Å². The predicted octanol–water partition coefficient (Wildman–Crippen LogP) is 3.11. The number of ether oxygens (including phenoxy) is 1. The van der Waals surface area contributed by atoms with Gasteiger partial charge in [-0.3, -0.25) is 4.79 Å². The van der Waals surface area contributed by atoms with Crippen molar-refractivity contribution in [1.29, 1.82) is 0 Å². The van der Waals surface area contributed by atoms with Gasteiger partial charge in [0.2, 0.25) is 5.91 Å². The third-order valence-electron chi connectivity index (χ3n) is 4.29. The summed E-state index contributed by atoms with van der Waals surface area (Å²) < 4.78 is 5.38. The van der Waals surface area contributed by atoms with Crippen molar-refractivity contribution in [2.75, 3.05) is 25.5 Å². The van der Waals surface area contributed by atoms with Gasteiger partial charge >= 0.3 is 0 Å². The fourth-order valence-electron chi connectivity index (χ4n) is 3.12. The maximum atomic E-state index is 12.8. The molecule has 2 rings (SSSR count). The number of hydrogen-bond donors (Lipinski definition) is 2. The molecule has 1 atom stereocenters. The van der Waals surface area contributed by atoms with E-state index < -0.39 is 0 Å². The molecule has 4 heteroatoms. The molecule has 0 radical (unpaired) electrons. The lowest BCUT2D eigenvalue weighted by Gasteiger charge is -2.36. The van der Waals surface area contributed by atoms with Gasteiger partial charge in [-0.1, -0.05) is 19.4 Å². The summed E-state index contributed by atoms with van der Waals surface area (Å²) in [6.45, 7) is 5.92. The molecule has 116 valence electrons. The first-order valence-electron chi connectivity index (χ1n) is 7.78. The zero-order chi connectivity index (χ0) is 15.3. The Bertz CT molecular complexity index is 488. The number of carbonyl (C=O) groups excluding carboxylic acids is 1. The Hall–Kier alpha value is -1.55. The van der Waals surface area contributed by atoms with Crippen LogP contribution in [0, 0.1) is 12.3 Å². The van der Waals surface area contributed by atoms with Crippen molar-refractivity contribution in [2.45, 2.75) is 39.5 Å². The number of hydrogen-bond acceptors (Lipinski definition) is 3. The van der Waals surface area contributed by atoms with Gasteiger partial charge in [0.1, 0.15) is 5.75 Å². The molecule has 21 heavy (non-hydrogen) atoms. The molecular weight excluding hydrogens is 264 g/mol. The zero-order valence-corrected chi connectivity index (χ0v) is 13.3. The number of carbonyl (C=O) groups is 1. The Labute approximate surface area is 127 Å². The Balaban J connectivity index is 2.19. The van der Waals surface area contributed by atoms with Crippen molar-refractivity contribution in [1.82, 2.24) is 5.32 Å². The molecule has 0 spiro atoms. The summed E-state index contributed by atoms with van der Waals surface area (Å²) in [7, 11) is 1.63. The molecule has 1 saturated heterocycles. The average molecular weight is 290 g/mol. The van der Waals surface area contributed by atoms with Crippen molar-refractivity contribution in [3.8, 4) is 5.75 Å². The molecule has 1 aromatic carbocycles. The van der Waals surface area contributed by atoms with E-state index in [1.165, 1.54) is 0 Å². The minimum Gasteiger partial charge on any atom is -0.495 e. The second-order valence-corrected chi connectivity index (χ2v) is 5.97. The first kappa shape index (κ1) is 15.8. The van der Waals surface area contributed by atoms with E-state index in [4.69, 9.17) is 4.74 Å². The molecule has 1 aromatic rings. The van der Waals surface area contributed by atoms with Crippen LogP contribution in [-0.2, 0) is 4.79 Å². The van der Waals surface area contributed by atoms with Crippen LogP contribution in [0.3, 0.4) is 0 Å². The minimum absolute atomic E-state index is 0.110. The fraction of sp³-hybridized carbons (Fsp3) is 0.588. The van der Waals surface area contributed by atoms with Crippen molar-refractivity contribution in [2.24, 2.45) is 5.41 Å². The summed E-state index contributed by atoms with van der Waals surface area (Å²) in [6.07, 6.45) is 3.94. The predicted molar refractivity (Wildman–Crippen MR) is 85.8 cm³/mol. The Kier molecular flexibility index (Phi) is 5.23. The van der Waals surface area contributed by atoms with Crippen molar-refractivity contribution in [3.05, 3.63) is 23.8 Å². The average Bonchev–Trinajstić information content (AvgIpc) is 2.50. The number of benzene rings is 1. The smallest absolute Gasteiger partial charge is 0.231 e. The highest BCUT2D eigenvalue weighted by Gasteiger charge is 2.38. The molecule has 0 aliphatic carbocycles. The van der Waals surface area contributed by atoms with E-state index in [0.29, 0.717) is 0 Å². The summed E-state index contributed by atoms with van der Waals surface area (Å²) in [5.41, 5.74) is 1.59. The first-order chi connectivity index (χ1) is 10.1. The Morgan fingerprint density at radius 3 is 2.90 bits per heavy atom. The molecule has 0 saturated carbocycles. The van der Waals surface area contributed by atoms with E-state index in [1.54, 1.807) is 7.11 Å². The van der Waals surface area contributed by atoms with Crippen LogP contribution in [0.5, 0.6) is 5.75 Å². The van der Waals surface area contributed by atoms with E-state index in [9.17, 15) is 4.79 Å². The van der Waals surface area contributed by atoms with Crippen LogP contribution < -0.4 is 15.4 Å². The number of methoxy groups -OCH3 is 1. The Morgan fingerprint density at radius 1 is 1.48 bits per heavy atom. The van der Waals surface area contributed by atoms with Gasteiger partial charge in [0.15, 0.2) is 0 Å². The number of rotatable bonds is 5. The first-order valence-corrected chi connectivity index (χ1v) is 7.78. The van der Waals surface area contributed by atoms with Crippen molar-refractivity contribution < 1.29 is 9.53 Å². The lowest BCUT2D eigenvalue weighted by atomic mass is 9.76. The van der Waals surface area contributed by atoms with E-state index in [1.807, 2.05) is 25.1 Å². The number of amides is 1. The van der Waals surface area contributed by atoms with Gasteiger partial charge in [0.25, 0.3) is 0 Å². The topological polar surface area (TPSA) is 50.4 Å². The molecule has 1 aliphatic rings.